The van der Waals surface area contributed by atoms with Gasteiger partial charge in [0.2, 0.25) is 0 Å². The van der Waals surface area contributed by atoms with Crippen molar-refractivity contribution in [2.75, 3.05) is 25.6 Å². The molecule has 1 heterocycles. The number of nitrogens with zero attached hydrogens (tertiary/aromatic N) is 3. The minimum absolute atomic E-state index is 0. The van der Waals surface area contributed by atoms with Gasteiger partial charge in [0.1, 0.15) is 11.4 Å². The summed E-state index contributed by atoms with van der Waals surface area (Å²) >= 11 is 6.37. The second-order valence-corrected chi connectivity index (χ2v) is 8.73. The second kappa shape index (κ2) is 13.1. The Morgan fingerprint density at radius 3 is 2.44 bits per heavy atom. The number of carbonyl (C=O) groups is 3. The summed E-state index contributed by atoms with van der Waals surface area (Å²) in [5.74, 6) is -1.51. The van der Waals surface area contributed by atoms with Crippen molar-refractivity contribution in [1.82, 2.24) is 9.47 Å². The van der Waals surface area contributed by atoms with Crippen molar-refractivity contribution in [2.45, 2.75) is 39.7 Å². The fourth-order valence-electron chi connectivity index (χ4n) is 3.98. The van der Waals surface area contributed by atoms with Gasteiger partial charge in [0.25, 0.3) is 5.91 Å². The Labute approximate surface area is 238 Å². The van der Waals surface area contributed by atoms with Crippen molar-refractivity contribution in [3.63, 3.8) is 0 Å². The molecule has 3 amide bonds. The van der Waals surface area contributed by atoms with Crippen LogP contribution in [0.25, 0.3) is 10.9 Å². The molecule has 2 aromatic carbocycles. The van der Waals surface area contributed by atoms with E-state index in [0.29, 0.717) is 40.3 Å². The van der Waals surface area contributed by atoms with Crippen LogP contribution in [0.2, 0.25) is 5.02 Å². The Morgan fingerprint density at radius 2 is 1.81 bits per heavy atom. The molecule has 0 atom stereocenters. The van der Waals surface area contributed by atoms with Crippen molar-refractivity contribution in [3.05, 3.63) is 58.7 Å². The Kier molecular flexibility index (Phi) is 10.8. The quantitative estimate of drug-likeness (QED) is 0.312. The predicted octanol–water partition coefficient (Wildman–Crippen LogP) is 1.25. The number of amides is 3. The number of unbranched alkanes of at least 4 members (excludes halogenated alkanes) is 2. The Hall–Kier alpha value is -2.52. The third-order valence-electron chi connectivity index (χ3n) is 5.88. The molecule has 0 saturated heterocycles. The van der Waals surface area contributed by atoms with E-state index >= 15 is 0 Å². The number of aliphatic carboxylic acids is 1. The van der Waals surface area contributed by atoms with Crippen LogP contribution in [0.15, 0.2) is 42.5 Å². The molecule has 0 spiro atoms. The number of carboxylic acids is 1. The number of methoxy groups -OCH3 is 1. The van der Waals surface area contributed by atoms with E-state index in [1.807, 2.05) is 6.92 Å². The van der Waals surface area contributed by atoms with E-state index in [2.05, 4.69) is 6.92 Å². The van der Waals surface area contributed by atoms with E-state index < -0.39 is 24.5 Å². The summed E-state index contributed by atoms with van der Waals surface area (Å²) in [4.78, 5) is 41.0. The van der Waals surface area contributed by atoms with E-state index in [-0.39, 0.29) is 35.3 Å². The third-order valence-corrected chi connectivity index (χ3v) is 6.28. The maximum absolute atomic E-state index is 13.7. The average Bonchev–Trinajstić information content (AvgIpc) is 3.20. The largest absolute Gasteiger partial charge is 1.00 e. The second-order valence-electron chi connectivity index (χ2n) is 8.33. The summed E-state index contributed by atoms with van der Waals surface area (Å²) in [6, 6.07) is 11.4. The molecule has 0 N–H and O–H groups in total. The number of ether oxygens (including phenoxy) is 1. The Balaban J connectivity index is 0.00000456. The van der Waals surface area contributed by atoms with Crippen LogP contribution in [0.3, 0.4) is 0 Å². The van der Waals surface area contributed by atoms with Gasteiger partial charge in [-0.2, -0.15) is 0 Å². The molecule has 8 nitrogen and oxygen atoms in total. The minimum atomic E-state index is -1.34. The van der Waals surface area contributed by atoms with E-state index in [1.54, 1.807) is 42.5 Å². The summed E-state index contributed by atoms with van der Waals surface area (Å²) in [5, 5.41) is 12.6. The Bertz CT molecular complexity index is 1260. The summed E-state index contributed by atoms with van der Waals surface area (Å²) in [6.45, 7) is 3.73. The molecule has 0 aliphatic heterocycles. The summed E-state index contributed by atoms with van der Waals surface area (Å²) in [7, 11) is 2.88. The smallest absolute Gasteiger partial charge is 0.548 e. The number of imide groups is 1. The van der Waals surface area contributed by atoms with Gasteiger partial charge in [-0.25, -0.2) is 4.79 Å². The fourth-order valence-corrected chi connectivity index (χ4v) is 4.14. The van der Waals surface area contributed by atoms with E-state index in [0.717, 1.165) is 23.3 Å². The number of rotatable bonds is 9. The van der Waals surface area contributed by atoms with Crippen LogP contribution in [0.5, 0.6) is 5.75 Å². The van der Waals surface area contributed by atoms with Gasteiger partial charge >= 0.3 is 35.6 Å². The fraction of sp³-hybridized carbons (Fsp3) is 0.346. The molecular formula is C26H29ClN3NaO5. The monoisotopic (exact) mass is 521 g/mol. The van der Waals surface area contributed by atoms with Crippen molar-refractivity contribution < 1.29 is 53.8 Å². The number of hydrogen-bond acceptors (Lipinski definition) is 5. The number of benzene rings is 2. The molecule has 36 heavy (non-hydrogen) atoms. The van der Waals surface area contributed by atoms with Crippen molar-refractivity contribution in [3.8, 4) is 5.75 Å². The number of urea groups is 1. The zero-order valence-electron chi connectivity index (χ0n) is 21.3. The normalized spacial score (nSPS) is 10.6. The molecular weight excluding hydrogens is 493 g/mol. The van der Waals surface area contributed by atoms with Crippen molar-refractivity contribution >= 4 is 46.1 Å². The number of carboxylic acid groups (broad SMARTS) is 1. The van der Waals surface area contributed by atoms with Crippen LogP contribution < -0.4 is 44.3 Å². The number of halogens is 1. The molecule has 0 fully saturated rings. The van der Waals surface area contributed by atoms with E-state index in [9.17, 15) is 19.5 Å². The number of para-hydroxylation sites is 1. The Morgan fingerprint density at radius 1 is 1.11 bits per heavy atom. The molecule has 0 bridgehead atoms. The number of carbonyl (C=O) groups excluding carboxylic acids is 3. The van der Waals surface area contributed by atoms with E-state index in [4.69, 9.17) is 16.3 Å². The van der Waals surface area contributed by atoms with Gasteiger partial charge in [-0.1, -0.05) is 49.6 Å². The van der Waals surface area contributed by atoms with Crippen LogP contribution in [-0.4, -0.2) is 48.1 Å². The number of hydrogen-bond donors (Lipinski definition) is 0. The molecule has 186 valence electrons. The summed E-state index contributed by atoms with van der Waals surface area (Å²) in [5.41, 5.74) is 1.89. The summed E-state index contributed by atoms with van der Waals surface area (Å²) in [6.07, 6.45) is 2.55. The van der Waals surface area contributed by atoms with Gasteiger partial charge in [0, 0.05) is 29.5 Å². The first-order valence-electron chi connectivity index (χ1n) is 11.4. The average molecular weight is 522 g/mol. The molecule has 0 saturated carbocycles. The molecule has 3 aromatic rings. The van der Waals surface area contributed by atoms with Crippen LogP contribution in [-0.2, 0) is 11.3 Å². The number of aryl methyl sites for hydroxylation is 1. The van der Waals surface area contributed by atoms with Crippen LogP contribution in [0, 0.1) is 6.92 Å². The number of fused-ring (bicyclic) bond motifs is 1. The first-order valence-corrected chi connectivity index (χ1v) is 11.8. The van der Waals surface area contributed by atoms with Gasteiger partial charge in [0.15, 0.2) is 0 Å². The number of aromatic nitrogens is 1. The van der Waals surface area contributed by atoms with Gasteiger partial charge in [0.05, 0.1) is 25.3 Å². The molecule has 0 radical (unpaired) electrons. The van der Waals surface area contributed by atoms with E-state index in [1.165, 1.54) is 23.6 Å². The molecule has 10 heteroatoms. The van der Waals surface area contributed by atoms with Gasteiger partial charge in [-0.05, 0) is 43.2 Å². The van der Waals surface area contributed by atoms with Crippen LogP contribution >= 0.6 is 11.6 Å². The zero-order chi connectivity index (χ0) is 25.7. The maximum Gasteiger partial charge on any atom is 1.00 e. The minimum Gasteiger partial charge on any atom is -0.548 e. The molecule has 1 aromatic heterocycles. The number of anilines is 1. The predicted molar refractivity (Wildman–Crippen MR) is 134 cm³/mol. The van der Waals surface area contributed by atoms with Gasteiger partial charge in [-0.3, -0.25) is 14.6 Å². The molecule has 0 unspecified atom stereocenters. The topological polar surface area (TPSA) is 94.9 Å². The third kappa shape index (κ3) is 6.42. The first-order chi connectivity index (χ1) is 16.7. The summed E-state index contributed by atoms with van der Waals surface area (Å²) < 4.78 is 6.86. The van der Waals surface area contributed by atoms with Gasteiger partial charge < -0.3 is 19.2 Å². The zero-order valence-corrected chi connectivity index (χ0v) is 24.1. The first kappa shape index (κ1) is 29.7. The van der Waals surface area contributed by atoms with Crippen molar-refractivity contribution in [1.29, 1.82) is 0 Å². The van der Waals surface area contributed by atoms with Crippen molar-refractivity contribution in [2.24, 2.45) is 0 Å². The standard InChI is InChI=1S/C26H30ClN3O5.Na/c1-5-6-9-12-29(21-15-19(27)17(2)13-23(21)35-4)26(34)28(3)25(33)22-14-18-10-7-8-11-20(18)30(22)16-24(31)32;/h7-8,10-11,13-15H,5-6,9,12,16H2,1-4H3,(H,31,32);/q;+1/p-1. The van der Waals surface area contributed by atoms with Gasteiger partial charge in [-0.15, -0.1) is 0 Å². The molecule has 0 aliphatic carbocycles. The van der Waals surface area contributed by atoms with Crippen LogP contribution in [0.1, 0.15) is 42.2 Å². The van der Waals surface area contributed by atoms with Crippen LogP contribution in [0.4, 0.5) is 10.5 Å². The molecule has 0 aliphatic rings. The molecule has 3 rings (SSSR count). The maximum atomic E-state index is 13.7. The SMILES string of the molecule is CCCCCN(C(=O)N(C)C(=O)c1cc2ccccc2n1CC(=O)[O-])c1cc(Cl)c(C)cc1OC.[Na+].